The molecule has 0 radical (unpaired) electrons. The highest BCUT2D eigenvalue weighted by Crippen LogP contribution is 2.22. The largest absolute Gasteiger partial charge is 0.353 e. The van der Waals surface area contributed by atoms with Crippen LogP contribution in [-0.2, 0) is 0 Å². The molecule has 1 amide bonds. The topological polar surface area (TPSA) is 36.4 Å². The van der Waals surface area contributed by atoms with E-state index in [1.54, 1.807) is 11.8 Å². The maximum absolute atomic E-state index is 12.7. The quantitative estimate of drug-likeness (QED) is 0.817. The molecule has 0 bridgehead atoms. The summed E-state index contributed by atoms with van der Waals surface area (Å²) >= 11 is 1.62. The summed E-state index contributed by atoms with van der Waals surface area (Å²) in [5.41, 5.74) is 0.807. The number of pyridine rings is 1. The van der Waals surface area contributed by atoms with Crippen LogP contribution in [0.5, 0.6) is 0 Å². The maximum Gasteiger partial charge on any atom is 0.255 e. The normalized spacial score (nSPS) is 15.0. The molecule has 1 aromatic carbocycles. The summed E-state index contributed by atoms with van der Waals surface area (Å²) in [6.07, 6.45) is 3.81. The van der Waals surface area contributed by atoms with E-state index < -0.39 is 0 Å². The number of thioether (sulfide) groups is 1. The van der Waals surface area contributed by atoms with Gasteiger partial charge in [-0.15, -0.1) is 11.8 Å². The van der Waals surface area contributed by atoms with Crippen molar-refractivity contribution in [2.24, 2.45) is 0 Å². The maximum atomic E-state index is 12.7. The van der Waals surface area contributed by atoms with E-state index in [-0.39, 0.29) is 5.91 Å². The highest BCUT2D eigenvalue weighted by Gasteiger charge is 2.23. The number of carbonyl (C=O) groups excluding carboxylic acids is 1. The molecule has 1 aromatic heterocycles. The predicted octanol–water partition coefficient (Wildman–Crippen LogP) is 2.77. The van der Waals surface area contributed by atoms with Gasteiger partial charge in [-0.05, 0) is 30.5 Å². The molecule has 0 unspecified atom stereocenters. The third-order valence-corrected chi connectivity index (χ3v) is 4.67. The van der Waals surface area contributed by atoms with Gasteiger partial charge in [-0.1, -0.05) is 18.2 Å². The predicted molar refractivity (Wildman–Crippen MR) is 90.6 cm³/mol. The van der Waals surface area contributed by atoms with Crippen LogP contribution in [0.4, 0.5) is 5.82 Å². The van der Waals surface area contributed by atoms with Gasteiger partial charge in [0.15, 0.2) is 0 Å². The van der Waals surface area contributed by atoms with Gasteiger partial charge in [-0.2, -0.15) is 0 Å². The van der Waals surface area contributed by atoms with Crippen LogP contribution in [0.1, 0.15) is 10.4 Å². The third-order valence-electron chi connectivity index (χ3n) is 3.88. The summed E-state index contributed by atoms with van der Waals surface area (Å²) in [6, 6.07) is 13.7. The molecule has 1 fully saturated rings. The molecule has 0 atom stereocenters. The fourth-order valence-electron chi connectivity index (χ4n) is 2.67. The summed E-state index contributed by atoms with van der Waals surface area (Å²) in [5.74, 6) is 1.12. The molecular formula is C17H19N3OS. The minimum Gasteiger partial charge on any atom is -0.353 e. The van der Waals surface area contributed by atoms with Crippen molar-refractivity contribution in [2.45, 2.75) is 4.90 Å². The lowest BCUT2D eigenvalue weighted by Crippen LogP contribution is -2.49. The van der Waals surface area contributed by atoms with Crippen LogP contribution >= 0.6 is 11.8 Å². The Morgan fingerprint density at radius 3 is 2.45 bits per heavy atom. The molecule has 114 valence electrons. The number of piperazine rings is 1. The smallest absolute Gasteiger partial charge is 0.255 e. The highest BCUT2D eigenvalue weighted by atomic mass is 32.2. The molecule has 1 saturated heterocycles. The first kappa shape index (κ1) is 14.9. The van der Waals surface area contributed by atoms with Crippen molar-refractivity contribution >= 4 is 23.5 Å². The standard InChI is InChI=1S/C17H19N3OS/c1-22-15-7-3-2-6-14(15)17(21)20-12-10-19(11-13-20)16-8-4-5-9-18-16/h2-9H,10-13H2,1H3. The van der Waals surface area contributed by atoms with Gasteiger partial charge >= 0.3 is 0 Å². The zero-order valence-corrected chi connectivity index (χ0v) is 13.4. The number of anilines is 1. The number of nitrogens with zero attached hydrogens (tertiary/aromatic N) is 3. The van der Waals surface area contributed by atoms with Gasteiger partial charge in [-0.25, -0.2) is 4.98 Å². The molecule has 0 spiro atoms. The molecule has 1 aliphatic heterocycles. The van der Waals surface area contributed by atoms with Gasteiger partial charge < -0.3 is 9.80 Å². The summed E-state index contributed by atoms with van der Waals surface area (Å²) < 4.78 is 0. The molecule has 4 nitrogen and oxygen atoms in total. The van der Waals surface area contributed by atoms with E-state index in [1.165, 1.54) is 0 Å². The Bertz CT molecular complexity index is 639. The van der Waals surface area contributed by atoms with Gasteiger partial charge in [0.05, 0.1) is 5.56 Å². The Hall–Kier alpha value is -2.01. The Morgan fingerprint density at radius 1 is 1.05 bits per heavy atom. The molecule has 2 aromatic rings. The number of rotatable bonds is 3. The first-order valence-corrected chi connectivity index (χ1v) is 8.60. The van der Waals surface area contributed by atoms with Crippen LogP contribution < -0.4 is 4.90 Å². The number of amides is 1. The Labute approximate surface area is 135 Å². The minimum absolute atomic E-state index is 0.130. The van der Waals surface area contributed by atoms with Crippen molar-refractivity contribution in [1.82, 2.24) is 9.88 Å². The molecule has 0 N–H and O–H groups in total. The Balaban J connectivity index is 1.67. The molecular weight excluding hydrogens is 294 g/mol. The lowest BCUT2D eigenvalue weighted by Gasteiger charge is -2.35. The van der Waals surface area contributed by atoms with Crippen LogP contribution in [0.2, 0.25) is 0 Å². The average molecular weight is 313 g/mol. The van der Waals surface area contributed by atoms with Crippen molar-refractivity contribution in [3.63, 3.8) is 0 Å². The van der Waals surface area contributed by atoms with Gasteiger partial charge in [0, 0.05) is 37.3 Å². The van der Waals surface area contributed by atoms with E-state index in [9.17, 15) is 4.79 Å². The summed E-state index contributed by atoms with van der Waals surface area (Å²) in [6.45, 7) is 3.12. The third kappa shape index (κ3) is 3.09. The second-order valence-corrected chi connectivity index (χ2v) is 6.02. The van der Waals surface area contributed by atoms with E-state index in [0.717, 1.165) is 42.5 Å². The van der Waals surface area contributed by atoms with E-state index >= 15 is 0 Å². The van der Waals surface area contributed by atoms with Crippen molar-refractivity contribution in [2.75, 3.05) is 37.3 Å². The first-order valence-electron chi connectivity index (χ1n) is 7.38. The van der Waals surface area contributed by atoms with Crippen molar-refractivity contribution < 1.29 is 4.79 Å². The number of hydrogen-bond acceptors (Lipinski definition) is 4. The van der Waals surface area contributed by atoms with Gasteiger partial charge in [-0.3, -0.25) is 4.79 Å². The van der Waals surface area contributed by atoms with Gasteiger partial charge in [0.2, 0.25) is 0 Å². The summed E-state index contributed by atoms with van der Waals surface area (Å²) in [7, 11) is 0. The van der Waals surface area contributed by atoms with Crippen molar-refractivity contribution in [1.29, 1.82) is 0 Å². The van der Waals surface area contributed by atoms with Crippen LogP contribution in [0.15, 0.2) is 53.6 Å². The number of benzene rings is 1. The first-order chi connectivity index (χ1) is 10.8. The fourth-order valence-corrected chi connectivity index (χ4v) is 3.26. The summed E-state index contributed by atoms with van der Waals surface area (Å²) in [4.78, 5) is 22.3. The molecule has 5 heteroatoms. The van der Waals surface area contributed by atoms with Crippen molar-refractivity contribution in [3.05, 3.63) is 54.2 Å². The van der Waals surface area contributed by atoms with Gasteiger partial charge in [0.25, 0.3) is 5.91 Å². The highest BCUT2D eigenvalue weighted by molar-refractivity contribution is 7.98. The van der Waals surface area contributed by atoms with Crippen LogP contribution in [0.3, 0.4) is 0 Å². The zero-order valence-electron chi connectivity index (χ0n) is 12.6. The second-order valence-electron chi connectivity index (χ2n) is 5.17. The van der Waals surface area contributed by atoms with Crippen LogP contribution in [-0.4, -0.2) is 48.2 Å². The lowest BCUT2D eigenvalue weighted by molar-refractivity contribution is 0.0743. The van der Waals surface area contributed by atoms with E-state index in [1.807, 2.05) is 59.8 Å². The Morgan fingerprint density at radius 2 is 1.77 bits per heavy atom. The monoisotopic (exact) mass is 313 g/mol. The number of aromatic nitrogens is 1. The minimum atomic E-state index is 0.130. The van der Waals surface area contributed by atoms with Crippen molar-refractivity contribution in [3.8, 4) is 0 Å². The number of hydrogen-bond donors (Lipinski definition) is 0. The van der Waals surface area contributed by atoms with E-state index in [4.69, 9.17) is 0 Å². The Kier molecular flexibility index (Phi) is 4.63. The average Bonchev–Trinajstić information content (AvgIpc) is 2.62. The van der Waals surface area contributed by atoms with E-state index in [2.05, 4.69) is 9.88 Å². The SMILES string of the molecule is CSc1ccccc1C(=O)N1CCN(c2ccccn2)CC1. The molecule has 2 heterocycles. The zero-order chi connectivity index (χ0) is 15.4. The molecule has 0 saturated carbocycles. The van der Waals surface area contributed by atoms with E-state index in [0.29, 0.717) is 0 Å². The lowest BCUT2D eigenvalue weighted by atomic mass is 10.2. The molecule has 3 rings (SSSR count). The fraction of sp³-hybridized carbons (Fsp3) is 0.294. The van der Waals surface area contributed by atoms with Crippen LogP contribution in [0, 0.1) is 0 Å². The van der Waals surface area contributed by atoms with Gasteiger partial charge in [0.1, 0.15) is 5.82 Å². The molecule has 1 aliphatic rings. The summed E-state index contributed by atoms with van der Waals surface area (Å²) in [5, 5.41) is 0. The van der Waals surface area contributed by atoms with Crippen LogP contribution in [0.25, 0.3) is 0 Å². The number of carbonyl (C=O) groups is 1. The second kappa shape index (κ2) is 6.83. The molecule has 22 heavy (non-hydrogen) atoms. The molecule has 0 aliphatic carbocycles.